The number of amides is 1. The number of hydrogen-bond acceptors (Lipinski definition) is 5. The van der Waals surface area contributed by atoms with Crippen molar-refractivity contribution in [2.45, 2.75) is 25.1 Å². The molecule has 0 aliphatic heterocycles. The maximum Gasteiger partial charge on any atom is 0.277 e. The molecule has 26 heavy (non-hydrogen) atoms. The van der Waals surface area contributed by atoms with Crippen LogP contribution in [0.1, 0.15) is 13.8 Å². The van der Waals surface area contributed by atoms with Crippen LogP contribution in [0.5, 0.6) is 0 Å². The lowest BCUT2D eigenvalue weighted by atomic mass is 10.2. The molecule has 0 saturated heterocycles. The van der Waals surface area contributed by atoms with E-state index in [0.29, 0.717) is 11.1 Å². The van der Waals surface area contributed by atoms with Gasteiger partial charge >= 0.3 is 0 Å². The average Bonchev–Trinajstić information content (AvgIpc) is 3.10. The van der Waals surface area contributed by atoms with Gasteiger partial charge in [-0.05, 0) is 50.2 Å². The Kier molecular flexibility index (Phi) is 6.11. The summed E-state index contributed by atoms with van der Waals surface area (Å²) in [4.78, 5) is 14.5. The minimum absolute atomic E-state index is 0.000378. The van der Waals surface area contributed by atoms with E-state index in [9.17, 15) is 4.79 Å². The molecular formula is C19H18BrN3O2S. The van der Waals surface area contributed by atoms with E-state index in [-0.39, 0.29) is 17.7 Å². The van der Waals surface area contributed by atoms with Crippen molar-refractivity contribution in [1.82, 2.24) is 10.2 Å². The van der Waals surface area contributed by atoms with Crippen LogP contribution in [-0.4, -0.2) is 27.9 Å². The molecule has 0 unspecified atom stereocenters. The number of para-hydroxylation sites is 1. The molecule has 0 aliphatic rings. The first-order chi connectivity index (χ1) is 12.5. The molecule has 0 atom stereocenters. The van der Waals surface area contributed by atoms with Crippen LogP contribution in [0.4, 0.5) is 5.69 Å². The van der Waals surface area contributed by atoms with Gasteiger partial charge in [0.15, 0.2) is 0 Å². The standard InChI is InChI=1S/C19H18BrN3O2S/c1-13(2)23(16-6-4-3-5-7-16)17(24)12-26-19-22-21-18(25-19)14-8-10-15(20)11-9-14/h3-11,13H,12H2,1-2H3. The second kappa shape index (κ2) is 8.51. The third-order valence-corrected chi connectivity index (χ3v) is 4.97. The van der Waals surface area contributed by atoms with Crippen molar-refractivity contribution in [3.63, 3.8) is 0 Å². The number of benzene rings is 2. The van der Waals surface area contributed by atoms with Crippen LogP contribution in [0.3, 0.4) is 0 Å². The largest absolute Gasteiger partial charge is 0.411 e. The molecule has 0 radical (unpaired) electrons. The molecule has 7 heteroatoms. The molecule has 0 bridgehead atoms. The Morgan fingerprint density at radius 3 is 2.46 bits per heavy atom. The van der Waals surface area contributed by atoms with Gasteiger partial charge in [0.1, 0.15) is 0 Å². The van der Waals surface area contributed by atoms with Gasteiger partial charge < -0.3 is 9.32 Å². The van der Waals surface area contributed by atoms with Crippen LogP contribution in [-0.2, 0) is 4.79 Å². The van der Waals surface area contributed by atoms with Gasteiger partial charge in [0.2, 0.25) is 11.8 Å². The highest BCUT2D eigenvalue weighted by Crippen LogP contribution is 2.25. The molecule has 1 amide bonds. The van der Waals surface area contributed by atoms with Crippen molar-refractivity contribution < 1.29 is 9.21 Å². The summed E-state index contributed by atoms with van der Waals surface area (Å²) in [5.74, 6) is 0.672. The van der Waals surface area contributed by atoms with Crippen molar-refractivity contribution >= 4 is 39.3 Å². The summed E-state index contributed by atoms with van der Waals surface area (Å²) in [5, 5.41) is 8.46. The van der Waals surface area contributed by atoms with Crippen LogP contribution in [0.2, 0.25) is 0 Å². The second-order valence-electron chi connectivity index (χ2n) is 5.86. The molecule has 3 rings (SSSR count). The van der Waals surface area contributed by atoms with Gasteiger partial charge in [-0.15, -0.1) is 10.2 Å². The minimum atomic E-state index is -0.000378. The van der Waals surface area contributed by atoms with Gasteiger partial charge in [-0.2, -0.15) is 0 Å². The van der Waals surface area contributed by atoms with Gasteiger partial charge in [0, 0.05) is 21.8 Å². The fourth-order valence-electron chi connectivity index (χ4n) is 2.49. The van der Waals surface area contributed by atoms with E-state index in [1.807, 2.05) is 68.4 Å². The van der Waals surface area contributed by atoms with Crippen molar-refractivity contribution in [3.05, 3.63) is 59.1 Å². The zero-order chi connectivity index (χ0) is 18.5. The van der Waals surface area contributed by atoms with E-state index in [1.165, 1.54) is 11.8 Å². The molecule has 0 aliphatic carbocycles. The number of rotatable bonds is 6. The first-order valence-corrected chi connectivity index (χ1v) is 9.92. The topological polar surface area (TPSA) is 59.2 Å². The molecule has 134 valence electrons. The predicted octanol–water partition coefficient (Wildman–Crippen LogP) is 5.03. The number of carbonyl (C=O) groups is 1. The first-order valence-electron chi connectivity index (χ1n) is 8.14. The molecule has 2 aromatic carbocycles. The van der Waals surface area contributed by atoms with Crippen molar-refractivity contribution in [2.75, 3.05) is 10.7 Å². The summed E-state index contributed by atoms with van der Waals surface area (Å²) in [6.45, 7) is 3.99. The highest BCUT2D eigenvalue weighted by molar-refractivity contribution is 9.10. The van der Waals surface area contributed by atoms with Gasteiger partial charge in [-0.25, -0.2) is 0 Å². The van der Waals surface area contributed by atoms with E-state index < -0.39 is 0 Å². The molecule has 0 spiro atoms. The lowest BCUT2D eigenvalue weighted by Gasteiger charge is -2.26. The number of hydrogen-bond donors (Lipinski definition) is 0. The van der Waals surface area contributed by atoms with Crippen molar-refractivity contribution in [3.8, 4) is 11.5 Å². The molecule has 1 heterocycles. The summed E-state index contributed by atoms with van der Waals surface area (Å²) in [6.07, 6.45) is 0. The van der Waals surface area contributed by atoms with Crippen molar-refractivity contribution in [1.29, 1.82) is 0 Å². The van der Waals surface area contributed by atoms with Crippen LogP contribution >= 0.6 is 27.7 Å². The third kappa shape index (κ3) is 4.53. The molecule has 3 aromatic rings. The predicted molar refractivity (Wildman–Crippen MR) is 107 cm³/mol. The molecule has 5 nitrogen and oxygen atoms in total. The second-order valence-corrected chi connectivity index (χ2v) is 7.70. The molecule has 1 aromatic heterocycles. The van der Waals surface area contributed by atoms with E-state index in [1.54, 1.807) is 4.90 Å². The molecule has 0 saturated carbocycles. The highest BCUT2D eigenvalue weighted by atomic mass is 79.9. The number of anilines is 1. The zero-order valence-electron chi connectivity index (χ0n) is 14.4. The van der Waals surface area contributed by atoms with Gasteiger partial charge in [-0.3, -0.25) is 4.79 Å². The lowest BCUT2D eigenvalue weighted by molar-refractivity contribution is -0.116. The van der Waals surface area contributed by atoms with Gasteiger partial charge in [0.25, 0.3) is 5.22 Å². The quantitative estimate of drug-likeness (QED) is 0.512. The Hall–Kier alpha value is -2.12. The monoisotopic (exact) mass is 431 g/mol. The smallest absolute Gasteiger partial charge is 0.277 e. The summed E-state index contributed by atoms with van der Waals surface area (Å²) < 4.78 is 6.64. The number of halogens is 1. The van der Waals surface area contributed by atoms with E-state index in [2.05, 4.69) is 26.1 Å². The zero-order valence-corrected chi connectivity index (χ0v) is 16.8. The van der Waals surface area contributed by atoms with Crippen LogP contribution in [0, 0.1) is 0 Å². The Balaban J connectivity index is 1.66. The van der Waals surface area contributed by atoms with Crippen LogP contribution in [0.15, 0.2) is 68.7 Å². The molecular weight excluding hydrogens is 414 g/mol. The summed E-state index contributed by atoms with van der Waals surface area (Å²) in [6, 6.07) is 17.3. The Labute approximate surface area is 164 Å². The summed E-state index contributed by atoms with van der Waals surface area (Å²) in [5.41, 5.74) is 1.72. The molecule has 0 fully saturated rings. The van der Waals surface area contributed by atoms with Crippen LogP contribution in [0.25, 0.3) is 11.5 Å². The average molecular weight is 432 g/mol. The van der Waals surface area contributed by atoms with Gasteiger partial charge in [-0.1, -0.05) is 45.9 Å². The fraction of sp³-hybridized carbons (Fsp3) is 0.211. The fourth-order valence-corrected chi connectivity index (χ4v) is 3.38. The maximum atomic E-state index is 12.7. The number of nitrogens with zero attached hydrogens (tertiary/aromatic N) is 3. The summed E-state index contributed by atoms with van der Waals surface area (Å²) >= 11 is 4.64. The first kappa shape index (κ1) is 18.7. The van der Waals surface area contributed by atoms with Gasteiger partial charge in [0.05, 0.1) is 5.75 Å². The number of thioether (sulfide) groups is 1. The van der Waals surface area contributed by atoms with E-state index in [0.717, 1.165) is 15.7 Å². The normalized spacial score (nSPS) is 10.9. The number of aromatic nitrogens is 2. The Morgan fingerprint density at radius 1 is 1.12 bits per heavy atom. The van der Waals surface area contributed by atoms with Crippen LogP contribution < -0.4 is 4.90 Å². The maximum absolute atomic E-state index is 12.7. The van der Waals surface area contributed by atoms with E-state index in [4.69, 9.17) is 4.42 Å². The number of carbonyl (C=O) groups excluding carboxylic acids is 1. The van der Waals surface area contributed by atoms with Crippen molar-refractivity contribution in [2.24, 2.45) is 0 Å². The highest BCUT2D eigenvalue weighted by Gasteiger charge is 2.20. The third-order valence-electron chi connectivity index (χ3n) is 3.64. The summed E-state index contributed by atoms with van der Waals surface area (Å²) in [7, 11) is 0. The lowest BCUT2D eigenvalue weighted by Crippen LogP contribution is -2.38. The molecule has 0 N–H and O–H groups in total. The van der Waals surface area contributed by atoms with E-state index >= 15 is 0 Å². The SMILES string of the molecule is CC(C)N(C(=O)CSc1nnc(-c2ccc(Br)cc2)o1)c1ccccc1. The Morgan fingerprint density at radius 2 is 1.81 bits per heavy atom. The Bertz CT molecular complexity index is 866. The minimum Gasteiger partial charge on any atom is -0.411 e.